The summed E-state index contributed by atoms with van der Waals surface area (Å²) in [5, 5.41) is 6.12. The lowest BCUT2D eigenvalue weighted by Crippen LogP contribution is -2.33. The van der Waals surface area contributed by atoms with Crippen molar-refractivity contribution in [3.05, 3.63) is 54.0 Å². The third-order valence-corrected chi connectivity index (χ3v) is 3.85. The molecular weight excluding hydrogens is 281 g/mol. The summed E-state index contributed by atoms with van der Waals surface area (Å²) in [6.07, 6.45) is 6.02. The van der Waals surface area contributed by atoms with E-state index >= 15 is 0 Å². The van der Waals surface area contributed by atoms with Crippen molar-refractivity contribution in [1.82, 2.24) is 10.3 Å². The average Bonchev–Trinajstić information content (AvgIpc) is 3.03. The van der Waals surface area contributed by atoms with Gasteiger partial charge in [0.05, 0.1) is 5.56 Å². The van der Waals surface area contributed by atoms with Crippen LogP contribution >= 0.6 is 0 Å². The standard InChI is InChI=1S/C17H18FN3O/c18-12-7-9-14(10-8-12)20-16-15(6-3-11-19-16)17(22)21-13-4-1-2-5-13/h3,6-11,13H,1-2,4-5H2,(H,19,20)(H,21,22). The number of anilines is 2. The summed E-state index contributed by atoms with van der Waals surface area (Å²) < 4.78 is 13.0. The van der Waals surface area contributed by atoms with Crippen LogP contribution in [0.25, 0.3) is 0 Å². The van der Waals surface area contributed by atoms with E-state index in [9.17, 15) is 9.18 Å². The first kappa shape index (κ1) is 14.5. The summed E-state index contributed by atoms with van der Waals surface area (Å²) in [6, 6.07) is 9.69. The van der Waals surface area contributed by atoms with Crippen LogP contribution < -0.4 is 10.6 Å². The maximum Gasteiger partial charge on any atom is 0.255 e. The molecule has 1 aliphatic rings. The first-order valence-electron chi connectivity index (χ1n) is 7.51. The summed E-state index contributed by atoms with van der Waals surface area (Å²) in [4.78, 5) is 16.6. The fourth-order valence-electron chi connectivity index (χ4n) is 2.69. The number of aromatic nitrogens is 1. The van der Waals surface area contributed by atoms with Crippen molar-refractivity contribution in [1.29, 1.82) is 0 Å². The molecule has 0 bridgehead atoms. The van der Waals surface area contributed by atoms with Gasteiger partial charge in [-0.1, -0.05) is 12.8 Å². The van der Waals surface area contributed by atoms with Crippen LogP contribution in [0.2, 0.25) is 0 Å². The summed E-state index contributed by atoms with van der Waals surface area (Å²) in [5.41, 5.74) is 1.19. The Bertz CT molecular complexity index is 651. The van der Waals surface area contributed by atoms with Crippen molar-refractivity contribution in [3.8, 4) is 0 Å². The zero-order chi connectivity index (χ0) is 15.4. The van der Waals surface area contributed by atoms with Crippen LogP contribution in [0.5, 0.6) is 0 Å². The molecule has 1 amide bonds. The third kappa shape index (κ3) is 3.42. The smallest absolute Gasteiger partial charge is 0.255 e. The molecule has 2 aromatic rings. The molecule has 2 N–H and O–H groups in total. The number of rotatable bonds is 4. The topological polar surface area (TPSA) is 54.0 Å². The van der Waals surface area contributed by atoms with Gasteiger partial charge in [0.25, 0.3) is 5.91 Å². The number of hydrogen-bond donors (Lipinski definition) is 2. The molecule has 1 heterocycles. The summed E-state index contributed by atoms with van der Waals surface area (Å²) in [5.74, 6) is 0.0555. The van der Waals surface area contributed by atoms with Crippen molar-refractivity contribution < 1.29 is 9.18 Å². The van der Waals surface area contributed by atoms with Gasteiger partial charge >= 0.3 is 0 Å². The van der Waals surface area contributed by atoms with Crippen molar-refractivity contribution in [2.45, 2.75) is 31.7 Å². The number of nitrogens with zero attached hydrogens (tertiary/aromatic N) is 1. The second-order valence-electron chi connectivity index (χ2n) is 5.49. The Balaban J connectivity index is 1.76. The molecule has 4 nitrogen and oxygen atoms in total. The van der Waals surface area contributed by atoms with E-state index in [-0.39, 0.29) is 17.8 Å². The number of amides is 1. The molecule has 0 atom stereocenters. The van der Waals surface area contributed by atoms with Gasteiger partial charge in [0.2, 0.25) is 0 Å². The van der Waals surface area contributed by atoms with E-state index in [0.29, 0.717) is 17.1 Å². The van der Waals surface area contributed by atoms with Crippen LogP contribution in [0.4, 0.5) is 15.9 Å². The Labute approximate surface area is 128 Å². The molecule has 114 valence electrons. The van der Waals surface area contributed by atoms with Crippen LogP contribution in [0.1, 0.15) is 36.0 Å². The predicted molar refractivity (Wildman–Crippen MR) is 83.6 cm³/mol. The normalized spacial score (nSPS) is 14.8. The fraction of sp³-hybridized carbons (Fsp3) is 0.294. The summed E-state index contributed by atoms with van der Waals surface area (Å²) in [7, 11) is 0. The highest BCUT2D eigenvalue weighted by Crippen LogP contribution is 2.21. The van der Waals surface area contributed by atoms with Gasteiger partial charge in [-0.05, 0) is 49.2 Å². The number of hydrogen-bond acceptors (Lipinski definition) is 3. The van der Waals surface area contributed by atoms with Gasteiger partial charge in [-0.3, -0.25) is 4.79 Å². The van der Waals surface area contributed by atoms with Gasteiger partial charge in [0, 0.05) is 17.9 Å². The largest absolute Gasteiger partial charge is 0.349 e. The highest BCUT2D eigenvalue weighted by molar-refractivity contribution is 5.99. The molecule has 1 aromatic heterocycles. The zero-order valence-corrected chi connectivity index (χ0v) is 12.2. The van der Waals surface area contributed by atoms with Crippen molar-refractivity contribution >= 4 is 17.4 Å². The number of halogens is 1. The van der Waals surface area contributed by atoms with E-state index in [2.05, 4.69) is 15.6 Å². The predicted octanol–water partition coefficient (Wildman–Crippen LogP) is 3.64. The second kappa shape index (κ2) is 6.56. The first-order chi connectivity index (χ1) is 10.7. The minimum absolute atomic E-state index is 0.121. The minimum Gasteiger partial charge on any atom is -0.349 e. The average molecular weight is 299 g/mol. The van der Waals surface area contributed by atoms with Crippen LogP contribution in [-0.2, 0) is 0 Å². The van der Waals surface area contributed by atoms with Crippen LogP contribution in [0.3, 0.4) is 0 Å². The van der Waals surface area contributed by atoms with Crippen molar-refractivity contribution in [2.24, 2.45) is 0 Å². The molecule has 0 aliphatic heterocycles. The monoisotopic (exact) mass is 299 g/mol. The maximum atomic E-state index is 13.0. The lowest BCUT2D eigenvalue weighted by Gasteiger charge is -2.14. The van der Waals surface area contributed by atoms with E-state index < -0.39 is 0 Å². The fourth-order valence-corrected chi connectivity index (χ4v) is 2.69. The van der Waals surface area contributed by atoms with E-state index in [1.807, 2.05) is 0 Å². The molecule has 1 aromatic carbocycles. The van der Waals surface area contributed by atoms with E-state index in [1.165, 1.54) is 25.0 Å². The number of pyridine rings is 1. The number of benzene rings is 1. The van der Waals surface area contributed by atoms with Crippen molar-refractivity contribution in [2.75, 3.05) is 5.32 Å². The van der Waals surface area contributed by atoms with Gasteiger partial charge < -0.3 is 10.6 Å². The SMILES string of the molecule is O=C(NC1CCCC1)c1cccnc1Nc1ccc(F)cc1. The Morgan fingerprint density at radius 1 is 1.14 bits per heavy atom. The van der Waals surface area contributed by atoms with Gasteiger partial charge in [-0.25, -0.2) is 9.37 Å². The Morgan fingerprint density at radius 3 is 2.59 bits per heavy atom. The Morgan fingerprint density at radius 2 is 1.86 bits per heavy atom. The molecule has 5 heteroatoms. The molecule has 1 saturated carbocycles. The molecule has 22 heavy (non-hydrogen) atoms. The van der Waals surface area contributed by atoms with Gasteiger partial charge in [0.15, 0.2) is 0 Å². The molecule has 1 aliphatic carbocycles. The Hall–Kier alpha value is -2.43. The van der Waals surface area contributed by atoms with E-state index in [1.54, 1.807) is 30.5 Å². The molecule has 0 spiro atoms. The molecule has 0 radical (unpaired) electrons. The highest BCUT2D eigenvalue weighted by atomic mass is 19.1. The van der Waals surface area contributed by atoms with E-state index in [4.69, 9.17) is 0 Å². The van der Waals surface area contributed by atoms with Crippen LogP contribution in [0.15, 0.2) is 42.6 Å². The van der Waals surface area contributed by atoms with E-state index in [0.717, 1.165) is 12.8 Å². The molecule has 0 saturated heterocycles. The number of carbonyl (C=O) groups is 1. The summed E-state index contributed by atoms with van der Waals surface area (Å²) >= 11 is 0. The van der Waals surface area contributed by atoms with Gasteiger partial charge in [-0.2, -0.15) is 0 Å². The maximum absolute atomic E-state index is 13.0. The lowest BCUT2D eigenvalue weighted by atomic mass is 10.2. The first-order valence-corrected chi connectivity index (χ1v) is 7.51. The van der Waals surface area contributed by atoms with Gasteiger partial charge in [0.1, 0.15) is 11.6 Å². The number of carbonyl (C=O) groups excluding carboxylic acids is 1. The molecule has 3 rings (SSSR count). The summed E-state index contributed by atoms with van der Waals surface area (Å²) in [6.45, 7) is 0. The molecule has 0 unspecified atom stereocenters. The lowest BCUT2D eigenvalue weighted by molar-refractivity contribution is 0.0938. The van der Waals surface area contributed by atoms with Crippen LogP contribution in [0, 0.1) is 5.82 Å². The highest BCUT2D eigenvalue weighted by Gasteiger charge is 2.20. The molecular formula is C17H18FN3O. The zero-order valence-electron chi connectivity index (χ0n) is 12.2. The Kier molecular flexibility index (Phi) is 4.32. The minimum atomic E-state index is -0.300. The van der Waals surface area contributed by atoms with Crippen LogP contribution in [-0.4, -0.2) is 16.9 Å². The van der Waals surface area contributed by atoms with Gasteiger partial charge in [-0.15, -0.1) is 0 Å². The number of nitrogens with one attached hydrogen (secondary N) is 2. The quantitative estimate of drug-likeness (QED) is 0.906. The van der Waals surface area contributed by atoms with Crippen molar-refractivity contribution in [3.63, 3.8) is 0 Å². The second-order valence-corrected chi connectivity index (χ2v) is 5.49. The third-order valence-electron chi connectivity index (χ3n) is 3.85. The molecule has 1 fully saturated rings.